The van der Waals surface area contributed by atoms with Crippen LogP contribution in [0.4, 0.5) is 0 Å². The van der Waals surface area contributed by atoms with Crippen LogP contribution in [0.2, 0.25) is 5.02 Å². The smallest absolute Gasteiger partial charge is 0.328 e. The van der Waals surface area contributed by atoms with Gasteiger partial charge in [-0.3, -0.25) is 14.7 Å². The van der Waals surface area contributed by atoms with Gasteiger partial charge in [0.2, 0.25) is 0 Å². The van der Waals surface area contributed by atoms with Gasteiger partial charge in [-0.05, 0) is 43.7 Å². The summed E-state index contributed by atoms with van der Waals surface area (Å²) in [6, 6.07) is 16.3. The SMILES string of the molecule is CCOC(=O)[C@H](c1ccc(Cl)cc1)N1CCN(C(=O)c2cc(C)nc3ccccc23)CC1. The van der Waals surface area contributed by atoms with Gasteiger partial charge in [-0.2, -0.15) is 0 Å². The van der Waals surface area contributed by atoms with Crippen molar-refractivity contribution in [2.75, 3.05) is 32.8 Å². The first-order valence-corrected chi connectivity index (χ1v) is 11.2. The van der Waals surface area contributed by atoms with E-state index in [0.717, 1.165) is 22.2 Å². The molecule has 0 N–H and O–H groups in total. The molecule has 1 fully saturated rings. The minimum Gasteiger partial charge on any atom is -0.465 e. The Morgan fingerprint density at radius 3 is 2.44 bits per heavy atom. The number of esters is 1. The molecule has 0 unspecified atom stereocenters. The lowest BCUT2D eigenvalue weighted by atomic mass is 10.0. The van der Waals surface area contributed by atoms with E-state index in [-0.39, 0.29) is 11.9 Å². The van der Waals surface area contributed by atoms with Crippen LogP contribution >= 0.6 is 11.6 Å². The molecule has 2 aromatic carbocycles. The summed E-state index contributed by atoms with van der Waals surface area (Å²) in [6.45, 7) is 6.21. The molecule has 166 valence electrons. The number of para-hydroxylation sites is 1. The zero-order valence-corrected chi connectivity index (χ0v) is 19.0. The highest BCUT2D eigenvalue weighted by Gasteiger charge is 2.33. The summed E-state index contributed by atoms with van der Waals surface area (Å²) >= 11 is 6.03. The topological polar surface area (TPSA) is 62.7 Å². The van der Waals surface area contributed by atoms with E-state index in [1.165, 1.54) is 0 Å². The molecule has 32 heavy (non-hydrogen) atoms. The Morgan fingerprint density at radius 2 is 1.75 bits per heavy atom. The summed E-state index contributed by atoms with van der Waals surface area (Å²) in [6.07, 6.45) is 0. The average molecular weight is 452 g/mol. The third-order valence-electron chi connectivity index (χ3n) is 5.74. The lowest BCUT2D eigenvalue weighted by molar-refractivity contribution is -0.150. The van der Waals surface area contributed by atoms with Gasteiger partial charge in [0.15, 0.2) is 0 Å². The molecule has 0 aliphatic carbocycles. The van der Waals surface area contributed by atoms with Crippen molar-refractivity contribution < 1.29 is 14.3 Å². The summed E-state index contributed by atoms with van der Waals surface area (Å²) in [5.74, 6) is -0.295. The van der Waals surface area contributed by atoms with Crippen LogP contribution in [-0.4, -0.2) is 59.4 Å². The molecule has 7 heteroatoms. The van der Waals surface area contributed by atoms with E-state index in [2.05, 4.69) is 9.88 Å². The number of pyridine rings is 1. The molecule has 1 aromatic heterocycles. The number of halogens is 1. The van der Waals surface area contributed by atoms with Gasteiger partial charge in [0.25, 0.3) is 5.91 Å². The van der Waals surface area contributed by atoms with Gasteiger partial charge in [0.05, 0.1) is 17.7 Å². The number of nitrogens with zero attached hydrogens (tertiary/aromatic N) is 3. The van der Waals surface area contributed by atoms with Gasteiger partial charge >= 0.3 is 5.97 Å². The number of ether oxygens (including phenoxy) is 1. The Bertz CT molecular complexity index is 1120. The summed E-state index contributed by atoms with van der Waals surface area (Å²) in [4.78, 5) is 34.6. The van der Waals surface area contributed by atoms with E-state index in [0.29, 0.717) is 43.4 Å². The molecule has 3 aromatic rings. The molecule has 0 saturated carbocycles. The Balaban J connectivity index is 1.53. The molecule has 2 heterocycles. The number of carbonyl (C=O) groups is 2. The van der Waals surface area contributed by atoms with Gasteiger partial charge in [-0.15, -0.1) is 0 Å². The van der Waals surface area contributed by atoms with E-state index in [1.807, 2.05) is 54.3 Å². The molecule has 6 nitrogen and oxygen atoms in total. The number of rotatable bonds is 5. The molecule has 1 saturated heterocycles. The second-order valence-electron chi connectivity index (χ2n) is 7.86. The Morgan fingerprint density at radius 1 is 1.06 bits per heavy atom. The summed E-state index contributed by atoms with van der Waals surface area (Å²) in [5.41, 5.74) is 3.14. The number of piperazine rings is 1. The van der Waals surface area contributed by atoms with E-state index in [4.69, 9.17) is 16.3 Å². The molecule has 1 aliphatic heterocycles. The number of aromatic nitrogens is 1. The van der Waals surface area contributed by atoms with Gasteiger partial charge < -0.3 is 9.64 Å². The van der Waals surface area contributed by atoms with E-state index in [9.17, 15) is 9.59 Å². The van der Waals surface area contributed by atoms with Gasteiger partial charge in [0, 0.05) is 42.3 Å². The zero-order valence-electron chi connectivity index (χ0n) is 18.3. The van der Waals surface area contributed by atoms with E-state index in [1.54, 1.807) is 19.1 Å². The normalized spacial score (nSPS) is 15.5. The first-order valence-electron chi connectivity index (χ1n) is 10.8. The highest BCUT2D eigenvalue weighted by atomic mass is 35.5. The van der Waals surface area contributed by atoms with Crippen molar-refractivity contribution in [3.8, 4) is 0 Å². The first kappa shape index (κ1) is 22.2. The Hall–Kier alpha value is -2.96. The second-order valence-corrected chi connectivity index (χ2v) is 8.30. The third kappa shape index (κ3) is 4.61. The van der Waals surface area contributed by atoms with Crippen LogP contribution in [0.1, 0.15) is 34.6 Å². The lowest BCUT2D eigenvalue weighted by Gasteiger charge is -2.38. The number of amides is 1. The fraction of sp³-hybridized carbons (Fsp3) is 0.320. The van der Waals surface area contributed by atoms with Gasteiger partial charge in [-0.1, -0.05) is 41.9 Å². The average Bonchev–Trinajstić information content (AvgIpc) is 2.80. The largest absolute Gasteiger partial charge is 0.465 e. The van der Waals surface area contributed by atoms with Crippen molar-refractivity contribution in [3.63, 3.8) is 0 Å². The minimum absolute atomic E-state index is 0.00877. The highest BCUT2D eigenvalue weighted by molar-refractivity contribution is 6.30. The van der Waals surface area contributed by atoms with Crippen LogP contribution in [0.5, 0.6) is 0 Å². The molecule has 1 atom stereocenters. The Kier molecular flexibility index (Phi) is 6.72. The van der Waals surface area contributed by atoms with E-state index < -0.39 is 6.04 Å². The fourth-order valence-corrected chi connectivity index (χ4v) is 4.33. The number of hydrogen-bond donors (Lipinski definition) is 0. The molecule has 0 spiro atoms. The first-order chi connectivity index (χ1) is 15.5. The van der Waals surface area contributed by atoms with Gasteiger partial charge in [0.1, 0.15) is 6.04 Å². The predicted molar refractivity (Wildman–Crippen MR) is 125 cm³/mol. The number of benzene rings is 2. The highest BCUT2D eigenvalue weighted by Crippen LogP contribution is 2.26. The second kappa shape index (κ2) is 9.67. The standard InChI is InChI=1S/C25H26ClN3O3/c1-3-32-25(31)23(18-8-10-19(26)11-9-18)28-12-14-29(15-13-28)24(30)21-16-17(2)27-22-7-5-4-6-20(21)22/h4-11,16,23H,3,12-15H2,1-2H3/t23-/m0/s1. The quantitative estimate of drug-likeness (QED) is 0.542. The molecule has 1 aliphatic rings. The van der Waals surface area contributed by atoms with Crippen molar-refractivity contribution in [2.24, 2.45) is 0 Å². The van der Waals surface area contributed by atoms with Crippen LogP contribution in [-0.2, 0) is 9.53 Å². The zero-order chi connectivity index (χ0) is 22.7. The summed E-state index contributed by atoms with van der Waals surface area (Å²) in [7, 11) is 0. The number of carbonyl (C=O) groups excluding carboxylic acids is 2. The van der Waals surface area contributed by atoms with Crippen molar-refractivity contribution in [1.82, 2.24) is 14.8 Å². The van der Waals surface area contributed by atoms with Crippen LogP contribution in [0.3, 0.4) is 0 Å². The molecule has 0 radical (unpaired) electrons. The van der Waals surface area contributed by atoms with Crippen LogP contribution in [0, 0.1) is 6.92 Å². The van der Waals surface area contributed by atoms with Crippen molar-refractivity contribution in [3.05, 3.63) is 76.4 Å². The summed E-state index contributed by atoms with van der Waals surface area (Å²) in [5, 5.41) is 1.47. The third-order valence-corrected chi connectivity index (χ3v) is 5.99. The van der Waals surface area contributed by atoms with Crippen molar-refractivity contribution in [1.29, 1.82) is 0 Å². The van der Waals surface area contributed by atoms with Crippen molar-refractivity contribution in [2.45, 2.75) is 19.9 Å². The Labute approximate surface area is 192 Å². The lowest BCUT2D eigenvalue weighted by Crippen LogP contribution is -2.51. The number of hydrogen-bond acceptors (Lipinski definition) is 5. The maximum Gasteiger partial charge on any atom is 0.328 e. The predicted octanol–water partition coefficient (Wildman–Crippen LogP) is 4.26. The van der Waals surface area contributed by atoms with Crippen LogP contribution in [0.15, 0.2) is 54.6 Å². The molecular weight excluding hydrogens is 426 g/mol. The monoisotopic (exact) mass is 451 g/mol. The number of aryl methyl sites for hydroxylation is 1. The maximum atomic E-state index is 13.4. The minimum atomic E-state index is -0.520. The molecule has 4 rings (SSSR count). The fourth-order valence-electron chi connectivity index (χ4n) is 4.20. The van der Waals surface area contributed by atoms with E-state index >= 15 is 0 Å². The van der Waals surface area contributed by atoms with Crippen molar-refractivity contribution >= 4 is 34.4 Å². The van der Waals surface area contributed by atoms with Crippen LogP contribution in [0.25, 0.3) is 10.9 Å². The molecular formula is C25H26ClN3O3. The maximum absolute atomic E-state index is 13.4. The number of fused-ring (bicyclic) bond motifs is 1. The van der Waals surface area contributed by atoms with Crippen LogP contribution < -0.4 is 0 Å². The summed E-state index contributed by atoms with van der Waals surface area (Å²) < 4.78 is 5.35. The molecule has 1 amide bonds. The molecule has 0 bridgehead atoms. The van der Waals surface area contributed by atoms with Gasteiger partial charge in [-0.25, -0.2) is 4.79 Å².